The van der Waals surface area contributed by atoms with E-state index in [1.165, 1.54) is 0 Å². The van der Waals surface area contributed by atoms with Crippen molar-refractivity contribution in [3.8, 4) is 0 Å². The molecule has 1 aliphatic carbocycles. The lowest BCUT2D eigenvalue weighted by molar-refractivity contribution is -0.114. The van der Waals surface area contributed by atoms with Crippen molar-refractivity contribution in [2.24, 2.45) is 0 Å². The standard InChI is InChI=1S/C14H16O2/c15-13-7-3-4-8-14(16)10-12-6-2-1-5-11(12)9-13/h1-3,5-7,14,16H,4,8-10H2. The van der Waals surface area contributed by atoms with Gasteiger partial charge in [-0.25, -0.2) is 0 Å². The number of hydrogen-bond acceptors (Lipinski definition) is 2. The summed E-state index contributed by atoms with van der Waals surface area (Å²) in [6.07, 6.45) is 5.78. The summed E-state index contributed by atoms with van der Waals surface area (Å²) in [4.78, 5) is 11.6. The van der Waals surface area contributed by atoms with Crippen molar-refractivity contribution in [3.63, 3.8) is 0 Å². The molecule has 16 heavy (non-hydrogen) atoms. The van der Waals surface area contributed by atoms with Gasteiger partial charge in [0.25, 0.3) is 0 Å². The first-order valence-electron chi connectivity index (χ1n) is 5.70. The Morgan fingerprint density at radius 2 is 1.94 bits per heavy atom. The first-order valence-corrected chi connectivity index (χ1v) is 5.70. The van der Waals surface area contributed by atoms with Gasteiger partial charge in [0.05, 0.1) is 6.10 Å². The minimum atomic E-state index is -0.306. The molecule has 0 saturated carbocycles. The minimum absolute atomic E-state index is 0.142. The van der Waals surface area contributed by atoms with Crippen molar-refractivity contribution in [2.45, 2.75) is 31.8 Å². The highest BCUT2D eigenvalue weighted by atomic mass is 16.3. The molecule has 2 heteroatoms. The highest BCUT2D eigenvalue weighted by molar-refractivity contribution is 5.91. The summed E-state index contributed by atoms with van der Waals surface area (Å²) in [7, 11) is 0. The largest absolute Gasteiger partial charge is 0.393 e. The van der Waals surface area contributed by atoms with Gasteiger partial charge in [0.15, 0.2) is 5.78 Å². The Morgan fingerprint density at radius 3 is 2.75 bits per heavy atom. The van der Waals surface area contributed by atoms with E-state index in [0.29, 0.717) is 12.8 Å². The van der Waals surface area contributed by atoms with Gasteiger partial charge in [-0.05, 0) is 36.5 Å². The Balaban J connectivity index is 2.29. The Kier molecular flexibility index (Phi) is 3.52. The second kappa shape index (κ2) is 5.08. The summed E-state index contributed by atoms with van der Waals surface area (Å²) in [5, 5.41) is 9.82. The smallest absolute Gasteiger partial charge is 0.159 e. The molecule has 0 spiro atoms. The Labute approximate surface area is 95.6 Å². The van der Waals surface area contributed by atoms with Gasteiger partial charge in [-0.2, -0.15) is 0 Å². The number of fused-ring (bicyclic) bond motifs is 1. The van der Waals surface area contributed by atoms with Gasteiger partial charge in [-0.15, -0.1) is 0 Å². The number of carbonyl (C=O) groups is 1. The third-order valence-electron chi connectivity index (χ3n) is 2.91. The van der Waals surface area contributed by atoms with Gasteiger partial charge in [-0.3, -0.25) is 4.79 Å². The van der Waals surface area contributed by atoms with Crippen molar-refractivity contribution in [3.05, 3.63) is 47.5 Å². The zero-order valence-electron chi connectivity index (χ0n) is 9.23. The molecule has 0 saturated heterocycles. The molecule has 2 nitrogen and oxygen atoms in total. The van der Waals surface area contributed by atoms with Gasteiger partial charge < -0.3 is 5.11 Å². The number of carbonyl (C=O) groups excluding carboxylic acids is 1. The molecule has 1 aliphatic rings. The van der Waals surface area contributed by atoms with E-state index in [-0.39, 0.29) is 11.9 Å². The number of aliphatic hydroxyl groups excluding tert-OH is 1. The molecule has 0 aromatic heterocycles. The van der Waals surface area contributed by atoms with E-state index in [9.17, 15) is 9.90 Å². The van der Waals surface area contributed by atoms with Crippen LogP contribution in [-0.4, -0.2) is 17.0 Å². The first kappa shape index (κ1) is 11.1. The fourth-order valence-corrected chi connectivity index (χ4v) is 2.04. The lowest BCUT2D eigenvalue weighted by Crippen LogP contribution is -2.13. The molecule has 0 radical (unpaired) electrons. The molecular formula is C14H16O2. The number of allylic oxidation sites excluding steroid dienone is 2. The first-order chi connectivity index (χ1) is 7.75. The Hall–Kier alpha value is -1.41. The minimum Gasteiger partial charge on any atom is -0.393 e. The number of rotatable bonds is 0. The fourth-order valence-electron chi connectivity index (χ4n) is 2.04. The quantitative estimate of drug-likeness (QED) is 0.720. The molecule has 0 fully saturated rings. The summed E-state index contributed by atoms with van der Waals surface area (Å²) in [6.45, 7) is 0. The maximum atomic E-state index is 11.6. The summed E-state index contributed by atoms with van der Waals surface area (Å²) in [5.41, 5.74) is 2.14. The van der Waals surface area contributed by atoms with Crippen LogP contribution in [0.5, 0.6) is 0 Å². The molecule has 0 bridgehead atoms. The lowest BCUT2D eigenvalue weighted by Gasteiger charge is -2.14. The molecule has 1 atom stereocenters. The van der Waals surface area contributed by atoms with Crippen LogP contribution in [0.1, 0.15) is 24.0 Å². The summed E-state index contributed by atoms with van der Waals surface area (Å²) >= 11 is 0. The van der Waals surface area contributed by atoms with Gasteiger partial charge in [0, 0.05) is 6.42 Å². The molecule has 1 unspecified atom stereocenters. The zero-order valence-corrected chi connectivity index (χ0v) is 9.23. The Bertz CT molecular complexity index is 407. The SMILES string of the molecule is O=C1C=CCCC(O)Cc2ccccc2C1. The third-order valence-corrected chi connectivity index (χ3v) is 2.91. The summed E-state index contributed by atoms with van der Waals surface area (Å²) in [5.74, 6) is 0.142. The van der Waals surface area contributed by atoms with E-state index in [4.69, 9.17) is 0 Å². The van der Waals surface area contributed by atoms with Crippen LogP contribution >= 0.6 is 0 Å². The second-order valence-corrected chi connectivity index (χ2v) is 4.25. The fraction of sp³-hybridized carbons (Fsp3) is 0.357. The van der Waals surface area contributed by atoms with E-state index in [1.54, 1.807) is 6.08 Å². The highest BCUT2D eigenvalue weighted by Crippen LogP contribution is 2.16. The molecule has 0 heterocycles. The average Bonchev–Trinajstić information content (AvgIpc) is 2.27. The van der Waals surface area contributed by atoms with Crippen LogP contribution in [0, 0.1) is 0 Å². The third kappa shape index (κ3) is 2.80. The molecule has 1 aromatic carbocycles. The normalized spacial score (nSPS) is 21.6. The molecule has 0 amide bonds. The van der Waals surface area contributed by atoms with Crippen molar-refractivity contribution in [1.29, 1.82) is 0 Å². The number of hydrogen-bond donors (Lipinski definition) is 1. The predicted molar refractivity (Wildman–Crippen MR) is 63.2 cm³/mol. The molecule has 1 aromatic rings. The van der Waals surface area contributed by atoms with Crippen molar-refractivity contribution >= 4 is 5.78 Å². The zero-order chi connectivity index (χ0) is 11.4. The second-order valence-electron chi connectivity index (χ2n) is 4.25. The summed E-state index contributed by atoms with van der Waals surface area (Å²) in [6, 6.07) is 7.86. The van der Waals surface area contributed by atoms with Crippen LogP contribution < -0.4 is 0 Å². The number of aliphatic hydroxyl groups is 1. The lowest BCUT2D eigenvalue weighted by atomic mass is 9.95. The summed E-state index contributed by atoms with van der Waals surface area (Å²) < 4.78 is 0. The number of benzene rings is 1. The monoisotopic (exact) mass is 216 g/mol. The maximum Gasteiger partial charge on any atom is 0.159 e. The van der Waals surface area contributed by atoms with Crippen LogP contribution in [-0.2, 0) is 17.6 Å². The van der Waals surface area contributed by atoms with E-state index >= 15 is 0 Å². The van der Waals surface area contributed by atoms with Gasteiger partial charge in [-0.1, -0.05) is 30.3 Å². The van der Waals surface area contributed by atoms with E-state index in [2.05, 4.69) is 0 Å². The van der Waals surface area contributed by atoms with Crippen molar-refractivity contribution < 1.29 is 9.90 Å². The molecule has 2 rings (SSSR count). The van der Waals surface area contributed by atoms with Crippen LogP contribution in [0.25, 0.3) is 0 Å². The van der Waals surface area contributed by atoms with Gasteiger partial charge >= 0.3 is 0 Å². The Morgan fingerprint density at radius 1 is 1.19 bits per heavy atom. The van der Waals surface area contributed by atoms with Crippen LogP contribution in [0.15, 0.2) is 36.4 Å². The average molecular weight is 216 g/mol. The highest BCUT2D eigenvalue weighted by Gasteiger charge is 2.11. The van der Waals surface area contributed by atoms with Gasteiger partial charge in [0.1, 0.15) is 0 Å². The molecule has 84 valence electrons. The van der Waals surface area contributed by atoms with Crippen molar-refractivity contribution in [1.82, 2.24) is 0 Å². The maximum absolute atomic E-state index is 11.6. The molecule has 0 aliphatic heterocycles. The van der Waals surface area contributed by atoms with Crippen LogP contribution in [0.3, 0.4) is 0 Å². The molecule has 1 N–H and O–H groups in total. The topological polar surface area (TPSA) is 37.3 Å². The molecular weight excluding hydrogens is 200 g/mol. The predicted octanol–water partition coefficient (Wildman–Crippen LogP) is 2.05. The van der Waals surface area contributed by atoms with Crippen LogP contribution in [0.2, 0.25) is 0 Å². The van der Waals surface area contributed by atoms with E-state index in [0.717, 1.165) is 24.0 Å². The number of ketones is 1. The van der Waals surface area contributed by atoms with Crippen LogP contribution in [0.4, 0.5) is 0 Å². The van der Waals surface area contributed by atoms with Gasteiger partial charge in [0.2, 0.25) is 0 Å². The van der Waals surface area contributed by atoms with Crippen molar-refractivity contribution in [2.75, 3.05) is 0 Å². The van der Waals surface area contributed by atoms with E-state index in [1.807, 2.05) is 30.3 Å². The van der Waals surface area contributed by atoms with E-state index < -0.39 is 0 Å².